The molecule has 1 aromatic carbocycles. The lowest BCUT2D eigenvalue weighted by molar-refractivity contribution is 0.102. The van der Waals surface area contributed by atoms with Gasteiger partial charge in [0.1, 0.15) is 5.69 Å². The summed E-state index contributed by atoms with van der Waals surface area (Å²) in [5.41, 5.74) is 1.04. The maximum absolute atomic E-state index is 12.2. The lowest BCUT2D eigenvalue weighted by Gasteiger charge is -2.17. The van der Waals surface area contributed by atoms with Crippen molar-refractivity contribution in [2.45, 2.75) is 31.8 Å². The molecule has 5 nitrogen and oxygen atoms in total. The summed E-state index contributed by atoms with van der Waals surface area (Å²) in [6.07, 6.45) is 6.34. The van der Waals surface area contributed by atoms with Crippen molar-refractivity contribution in [3.63, 3.8) is 0 Å². The third kappa shape index (κ3) is 3.80. The van der Waals surface area contributed by atoms with Gasteiger partial charge in [-0.1, -0.05) is 6.07 Å². The van der Waals surface area contributed by atoms with Crippen molar-refractivity contribution in [1.29, 1.82) is 0 Å². The summed E-state index contributed by atoms with van der Waals surface area (Å²) in [5, 5.41) is 2.84. The molecule has 23 heavy (non-hydrogen) atoms. The van der Waals surface area contributed by atoms with E-state index in [-0.39, 0.29) is 12.0 Å². The summed E-state index contributed by atoms with van der Waals surface area (Å²) in [6.45, 7) is 0. The number of benzene rings is 1. The summed E-state index contributed by atoms with van der Waals surface area (Å²) in [6, 6.07) is 10.6. The van der Waals surface area contributed by atoms with Crippen molar-refractivity contribution in [2.75, 3.05) is 12.4 Å². The Morgan fingerprint density at radius 2 is 2.00 bits per heavy atom. The van der Waals surface area contributed by atoms with Gasteiger partial charge in [-0.25, -0.2) is 0 Å². The molecule has 1 fully saturated rings. The van der Waals surface area contributed by atoms with E-state index in [0.717, 1.165) is 12.8 Å². The van der Waals surface area contributed by atoms with Crippen LogP contribution in [0.2, 0.25) is 0 Å². The summed E-state index contributed by atoms with van der Waals surface area (Å²) in [5.74, 6) is 1.09. The second-order valence-electron chi connectivity index (χ2n) is 5.56. The van der Waals surface area contributed by atoms with Gasteiger partial charge in [0.25, 0.3) is 5.91 Å². The molecule has 0 spiro atoms. The summed E-state index contributed by atoms with van der Waals surface area (Å²) >= 11 is 0. The quantitative estimate of drug-likeness (QED) is 0.915. The zero-order chi connectivity index (χ0) is 16.1. The van der Waals surface area contributed by atoms with E-state index in [2.05, 4.69) is 10.3 Å². The predicted molar refractivity (Wildman–Crippen MR) is 88.1 cm³/mol. The SMILES string of the molecule is COc1ccc(NC(=O)c2ccccn2)cc1OC1CCCC1. The van der Waals surface area contributed by atoms with E-state index in [9.17, 15) is 4.79 Å². The van der Waals surface area contributed by atoms with Gasteiger partial charge in [-0.05, 0) is 49.9 Å². The van der Waals surface area contributed by atoms with Crippen molar-refractivity contribution < 1.29 is 14.3 Å². The van der Waals surface area contributed by atoms with Crippen LogP contribution in [0, 0.1) is 0 Å². The largest absolute Gasteiger partial charge is 0.493 e. The molecule has 0 unspecified atom stereocenters. The first kappa shape index (κ1) is 15.3. The zero-order valence-corrected chi connectivity index (χ0v) is 13.1. The fraction of sp³-hybridized carbons (Fsp3) is 0.333. The van der Waals surface area contributed by atoms with E-state index in [1.165, 1.54) is 12.8 Å². The van der Waals surface area contributed by atoms with E-state index in [1.54, 1.807) is 49.7 Å². The van der Waals surface area contributed by atoms with E-state index in [1.807, 2.05) is 0 Å². The Morgan fingerprint density at radius 3 is 2.70 bits per heavy atom. The van der Waals surface area contributed by atoms with Gasteiger partial charge < -0.3 is 14.8 Å². The number of anilines is 1. The lowest BCUT2D eigenvalue weighted by atomic mass is 10.2. The minimum absolute atomic E-state index is 0.227. The van der Waals surface area contributed by atoms with Crippen LogP contribution >= 0.6 is 0 Å². The van der Waals surface area contributed by atoms with Gasteiger partial charge in [0.2, 0.25) is 0 Å². The second kappa shape index (κ2) is 7.13. The second-order valence-corrected chi connectivity index (χ2v) is 5.56. The maximum atomic E-state index is 12.2. The van der Waals surface area contributed by atoms with Gasteiger partial charge in [-0.15, -0.1) is 0 Å². The average molecular weight is 312 g/mol. The van der Waals surface area contributed by atoms with Gasteiger partial charge in [0.15, 0.2) is 11.5 Å². The Hall–Kier alpha value is -2.56. The van der Waals surface area contributed by atoms with Crippen molar-refractivity contribution in [3.8, 4) is 11.5 Å². The topological polar surface area (TPSA) is 60.5 Å². The van der Waals surface area contributed by atoms with Gasteiger partial charge in [-0.3, -0.25) is 9.78 Å². The standard InChI is InChI=1S/C18H20N2O3/c1-22-16-10-9-13(12-17(16)23-14-6-2-3-7-14)20-18(21)15-8-4-5-11-19-15/h4-5,8-12,14H,2-3,6-7H2,1H3,(H,20,21). The summed E-state index contributed by atoms with van der Waals surface area (Å²) < 4.78 is 11.4. The van der Waals surface area contributed by atoms with Crippen molar-refractivity contribution in [3.05, 3.63) is 48.3 Å². The molecule has 2 aromatic rings. The van der Waals surface area contributed by atoms with Crippen molar-refractivity contribution >= 4 is 11.6 Å². The molecule has 0 aliphatic heterocycles. The summed E-state index contributed by atoms with van der Waals surface area (Å²) in [4.78, 5) is 16.2. The minimum Gasteiger partial charge on any atom is -0.493 e. The van der Waals surface area contributed by atoms with Crippen LogP contribution in [-0.4, -0.2) is 24.1 Å². The van der Waals surface area contributed by atoms with E-state index in [4.69, 9.17) is 9.47 Å². The van der Waals surface area contributed by atoms with Gasteiger partial charge >= 0.3 is 0 Å². The van der Waals surface area contributed by atoms with Crippen molar-refractivity contribution in [2.24, 2.45) is 0 Å². The summed E-state index contributed by atoms with van der Waals surface area (Å²) in [7, 11) is 1.61. The fourth-order valence-electron chi connectivity index (χ4n) is 2.72. The molecule has 0 radical (unpaired) electrons. The molecule has 1 amide bonds. The fourth-order valence-corrected chi connectivity index (χ4v) is 2.72. The van der Waals surface area contributed by atoms with Crippen LogP contribution in [-0.2, 0) is 0 Å². The first-order valence-electron chi connectivity index (χ1n) is 7.83. The van der Waals surface area contributed by atoms with Crippen LogP contribution in [0.3, 0.4) is 0 Å². The minimum atomic E-state index is -0.248. The molecule has 1 saturated carbocycles. The molecule has 0 atom stereocenters. The molecule has 5 heteroatoms. The molecule has 0 bridgehead atoms. The molecule has 1 aromatic heterocycles. The Labute approximate surface area is 135 Å². The highest BCUT2D eigenvalue weighted by Gasteiger charge is 2.19. The first-order chi connectivity index (χ1) is 11.3. The number of methoxy groups -OCH3 is 1. The maximum Gasteiger partial charge on any atom is 0.274 e. The van der Waals surface area contributed by atoms with Crippen LogP contribution in [0.4, 0.5) is 5.69 Å². The van der Waals surface area contributed by atoms with Crippen LogP contribution in [0.15, 0.2) is 42.6 Å². The Bertz CT molecular complexity index is 667. The highest BCUT2D eigenvalue weighted by atomic mass is 16.5. The predicted octanol–water partition coefficient (Wildman–Crippen LogP) is 3.66. The number of hydrogen-bond acceptors (Lipinski definition) is 4. The normalized spacial score (nSPS) is 14.5. The van der Waals surface area contributed by atoms with Gasteiger partial charge in [0.05, 0.1) is 13.2 Å². The third-order valence-corrected chi connectivity index (χ3v) is 3.91. The number of aromatic nitrogens is 1. The van der Waals surface area contributed by atoms with Gasteiger partial charge in [0, 0.05) is 18.0 Å². The number of amides is 1. The number of nitrogens with zero attached hydrogens (tertiary/aromatic N) is 1. The zero-order valence-electron chi connectivity index (χ0n) is 13.1. The third-order valence-electron chi connectivity index (χ3n) is 3.91. The van der Waals surface area contributed by atoms with E-state index >= 15 is 0 Å². The smallest absolute Gasteiger partial charge is 0.274 e. The highest BCUT2D eigenvalue weighted by Crippen LogP contribution is 2.34. The number of nitrogens with one attached hydrogen (secondary N) is 1. The molecular weight excluding hydrogens is 292 g/mol. The van der Waals surface area contributed by atoms with Gasteiger partial charge in [-0.2, -0.15) is 0 Å². The molecule has 1 N–H and O–H groups in total. The van der Waals surface area contributed by atoms with E-state index in [0.29, 0.717) is 22.9 Å². The molecule has 1 heterocycles. The number of rotatable bonds is 5. The Morgan fingerprint density at radius 1 is 1.17 bits per heavy atom. The van der Waals surface area contributed by atoms with E-state index < -0.39 is 0 Å². The molecule has 0 saturated heterocycles. The number of carbonyl (C=O) groups excluding carboxylic acids is 1. The van der Waals surface area contributed by atoms with Crippen LogP contribution in [0.1, 0.15) is 36.2 Å². The van der Waals surface area contributed by atoms with Crippen LogP contribution in [0.25, 0.3) is 0 Å². The number of pyridine rings is 1. The molecule has 1 aliphatic carbocycles. The van der Waals surface area contributed by atoms with Crippen LogP contribution in [0.5, 0.6) is 11.5 Å². The van der Waals surface area contributed by atoms with Crippen molar-refractivity contribution in [1.82, 2.24) is 4.98 Å². The average Bonchev–Trinajstić information content (AvgIpc) is 3.09. The number of carbonyl (C=O) groups is 1. The molecular formula is C18H20N2O3. The number of ether oxygens (including phenoxy) is 2. The highest BCUT2D eigenvalue weighted by molar-refractivity contribution is 6.02. The lowest BCUT2D eigenvalue weighted by Crippen LogP contribution is -2.14. The Balaban J connectivity index is 1.75. The molecule has 1 aliphatic rings. The number of hydrogen-bond donors (Lipinski definition) is 1. The first-order valence-corrected chi connectivity index (χ1v) is 7.83. The molecule has 3 rings (SSSR count). The monoisotopic (exact) mass is 312 g/mol. The van der Waals surface area contributed by atoms with Crippen LogP contribution < -0.4 is 14.8 Å². The molecule has 120 valence electrons. The Kier molecular flexibility index (Phi) is 4.76.